The van der Waals surface area contributed by atoms with E-state index in [1.807, 2.05) is 32.0 Å². The Morgan fingerprint density at radius 2 is 1.70 bits per heavy atom. The number of hydrogen-bond donors (Lipinski definition) is 1. The maximum Gasteiger partial charge on any atom is 0.417 e. The molecule has 0 fully saturated rings. The van der Waals surface area contributed by atoms with Crippen molar-refractivity contribution in [3.05, 3.63) is 53.6 Å². The van der Waals surface area contributed by atoms with Crippen molar-refractivity contribution < 1.29 is 14.3 Å². The molecule has 4 heteroatoms. The van der Waals surface area contributed by atoms with Gasteiger partial charge in [-0.1, -0.05) is 18.2 Å². The molecule has 0 saturated carbocycles. The first-order valence-corrected chi connectivity index (χ1v) is 6.29. The lowest BCUT2D eigenvalue weighted by Gasteiger charge is -2.13. The van der Waals surface area contributed by atoms with E-state index in [9.17, 15) is 4.79 Å². The molecule has 20 heavy (non-hydrogen) atoms. The Labute approximate surface area is 118 Å². The zero-order valence-electron chi connectivity index (χ0n) is 11.8. The normalized spacial score (nSPS) is 9.95. The van der Waals surface area contributed by atoms with Gasteiger partial charge in [0, 0.05) is 0 Å². The number of para-hydroxylation sites is 1. The van der Waals surface area contributed by atoms with Crippen molar-refractivity contribution in [2.75, 3.05) is 12.4 Å². The lowest BCUT2D eigenvalue weighted by atomic mass is 10.1. The van der Waals surface area contributed by atoms with Gasteiger partial charge in [-0.3, -0.25) is 5.32 Å². The van der Waals surface area contributed by atoms with Gasteiger partial charge in [-0.25, -0.2) is 4.79 Å². The summed E-state index contributed by atoms with van der Waals surface area (Å²) in [6.45, 7) is 3.96. The highest BCUT2D eigenvalue weighted by Gasteiger charge is 2.11. The van der Waals surface area contributed by atoms with Crippen LogP contribution in [0, 0.1) is 13.8 Å². The first-order chi connectivity index (χ1) is 9.60. The van der Waals surface area contributed by atoms with Crippen molar-refractivity contribution >= 4 is 11.8 Å². The molecule has 0 bridgehead atoms. The molecule has 2 aromatic carbocycles. The quantitative estimate of drug-likeness (QED) is 0.920. The highest BCUT2D eigenvalue weighted by molar-refractivity contribution is 5.88. The first kappa shape index (κ1) is 13.9. The maximum atomic E-state index is 11.9. The van der Waals surface area contributed by atoms with E-state index in [0.717, 1.165) is 11.1 Å². The molecule has 0 spiro atoms. The minimum atomic E-state index is -0.544. The topological polar surface area (TPSA) is 47.6 Å². The van der Waals surface area contributed by atoms with Gasteiger partial charge in [-0.2, -0.15) is 0 Å². The van der Waals surface area contributed by atoms with Gasteiger partial charge in [0.1, 0.15) is 11.5 Å². The molecule has 1 amide bonds. The standard InChI is InChI=1S/C16H17NO3/c1-11-9-14(15(19-3)10-12(11)2)17-16(18)20-13-7-5-4-6-8-13/h4-10H,1-3H3,(H,17,18). The Balaban J connectivity index is 2.13. The predicted molar refractivity (Wildman–Crippen MR) is 78.6 cm³/mol. The molecule has 2 rings (SSSR count). The lowest BCUT2D eigenvalue weighted by Crippen LogP contribution is -2.17. The summed E-state index contributed by atoms with van der Waals surface area (Å²) in [5, 5.41) is 2.69. The van der Waals surface area contributed by atoms with E-state index in [-0.39, 0.29) is 0 Å². The smallest absolute Gasteiger partial charge is 0.417 e. The molecule has 0 heterocycles. The summed E-state index contributed by atoms with van der Waals surface area (Å²) in [5.74, 6) is 1.10. The van der Waals surface area contributed by atoms with Crippen molar-refractivity contribution in [2.45, 2.75) is 13.8 Å². The maximum absolute atomic E-state index is 11.9. The van der Waals surface area contributed by atoms with Crippen molar-refractivity contribution in [3.63, 3.8) is 0 Å². The van der Waals surface area contributed by atoms with Crippen LogP contribution in [0.1, 0.15) is 11.1 Å². The van der Waals surface area contributed by atoms with Gasteiger partial charge in [0.15, 0.2) is 0 Å². The van der Waals surface area contributed by atoms with Crippen LogP contribution in [-0.4, -0.2) is 13.2 Å². The number of amides is 1. The van der Waals surface area contributed by atoms with E-state index >= 15 is 0 Å². The second-order valence-corrected chi connectivity index (χ2v) is 4.46. The van der Waals surface area contributed by atoms with Gasteiger partial charge >= 0.3 is 6.09 Å². The van der Waals surface area contributed by atoms with Crippen LogP contribution >= 0.6 is 0 Å². The average molecular weight is 271 g/mol. The minimum absolute atomic E-state index is 0.493. The fourth-order valence-corrected chi connectivity index (χ4v) is 1.79. The van der Waals surface area contributed by atoms with Crippen molar-refractivity contribution in [2.24, 2.45) is 0 Å². The molecule has 0 saturated heterocycles. The van der Waals surface area contributed by atoms with E-state index in [4.69, 9.17) is 9.47 Å². The Morgan fingerprint density at radius 1 is 1.05 bits per heavy atom. The van der Waals surface area contributed by atoms with Crippen LogP contribution in [-0.2, 0) is 0 Å². The summed E-state index contributed by atoms with van der Waals surface area (Å²) in [5.41, 5.74) is 2.76. The summed E-state index contributed by atoms with van der Waals surface area (Å²) in [7, 11) is 1.57. The molecule has 0 radical (unpaired) electrons. The van der Waals surface area contributed by atoms with Crippen molar-refractivity contribution in [1.29, 1.82) is 0 Å². The van der Waals surface area contributed by atoms with Gasteiger partial charge in [-0.05, 0) is 49.2 Å². The summed E-state index contributed by atoms with van der Waals surface area (Å²) < 4.78 is 10.4. The summed E-state index contributed by atoms with van der Waals surface area (Å²) in [6.07, 6.45) is -0.544. The zero-order valence-corrected chi connectivity index (χ0v) is 11.8. The highest BCUT2D eigenvalue weighted by atomic mass is 16.6. The van der Waals surface area contributed by atoms with Crippen LogP contribution in [0.4, 0.5) is 10.5 Å². The SMILES string of the molecule is COc1cc(C)c(C)cc1NC(=O)Oc1ccccc1. The number of methoxy groups -OCH3 is 1. The number of anilines is 1. The molecule has 0 aromatic heterocycles. The summed E-state index contributed by atoms with van der Waals surface area (Å²) in [6, 6.07) is 12.7. The lowest BCUT2D eigenvalue weighted by molar-refractivity contribution is 0.215. The Hall–Kier alpha value is -2.49. The molecule has 0 aliphatic heterocycles. The molecular formula is C16H17NO3. The predicted octanol–water partition coefficient (Wildman–Crippen LogP) is 3.92. The number of ether oxygens (including phenoxy) is 2. The number of carbonyl (C=O) groups excluding carboxylic acids is 1. The second kappa shape index (κ2) is 6.10. The Morgan fingerprint density at radius 3 is 2.35 bits per heavy atom. The van der Waals surface area contributed by atoms with Gasteiger partial charge < -0.3 is 9.47 Å². The second-order valence-electron chi connectivity index (χ2n) is 4.46. The van der Waals surface area contributed by atoms with E-state index in [1.54, 1.807) is 31.4 Å². The molecular weight excluding hydrogens is 254 g/mol. The van der Waals surface area contributed by atoms with Gasteiger partial charge in [-0.15, -0.1) is 0 Å². The molecule has 2 aromatic rings. The number of nitrogens with one attached hydrogen (secondary N) is 1. The number of hydrogen-bond acceptors (Lipinski definition) is 3. The van der Waals surface area contributed by atoms with Crippen LogP contribution in [0.5, 0.6) is 11.5 Å². The monoisotopic (exact) mass is 271 g/mol. The third kappa shape index (κ3) is 3.29. The van der Waals surface area contributed by atoms with E-state index < -0.39 is 6.09 Å². The number of carbonyl (C=O) groups is 1. The number of aryl methyl sites for hydroxylation is 2. The molecule has 0 unspecified atom stereocenters. The van der Waals surface area contributed by atoms with E-state index in [2.05, 4.69) is 5.32 Å². The van der Waals surface area contributed by atoms with Crippen molar-refractivity contribution in [1.82, 2.24) is 0 Å². The Kier molecular flexibility index (Phi) is 4.25. The van der Waals surface area contributed by atoms with Gasteiger partial charge in [0.2, 0.25) is 0 Å². The summed E-state index contributed by atoms with van der Waals surface area (Å²) in [4.78, 5) is 11.9. The largest absolute Gasteiger partial charge is 0.495 e. The highest BCUT2D eigenvalue weighted by Crippen LogP contribution is 2.28. The third-order valence-electron chi connectivity index (χ3n) is 3.01. The molecule has 0 aliphatic rings. The molecule has 0 atom stereocenters. The fraction of sp³-hybridized carbons (Fsp3) is 0.188. The van der Waals surface area contributed by atoms with Gasteiger partial charge in [0.05, 0.1) is 12.8 Å². The zero-order chi connectivity index (χ0) is 14.5. The summed E-state index contributed by atoms with van der Waals surface area (Å²) >= 11 is 0. The van der Waals surface area contributed by atoms with Crippen molar-refractivity contribution in [3.8, 4) is 11.5 Å². The molecule has 1 N–H and O–H groups in total. The van der Waals surface area contributed by atoms with Crippen LogP contribution in [0.25, 0.3) is 0 Å². The van der Waals surface area contributed by atoms with Crippen LogP contribution in [0.15, 0.2) is 42.5 Å². The van der Waals surface area contributed by atoms with E-state index in [1.165, 1.54) is 0 Å². The minimum Gasteiger partial charge on any atom is -0.495 e. The third-order valence-corrected chi connectivity index (χ3v) is 3.01. The fourth-order valence-electron chi connectivity index (χ4n) is 1.79. The van der Waals surface area contributed by atoms with Gasteiger partial charge in [0.25, 0.3) is 0 Å². The first-order valence-electron chi connectivity index (χ1n) is 6.29. The molecule has 104 valence electrons. The molecule has 4 nitrogen and oxygen atoms in total. The van der Waals surface area contributed by atoms with E-state index in [0.29, 0.717) is 17.2 Å². The molecule has 0 aliphatic carbocycles. The average Bonchev–Trinajstić information content (AvgIpc) is 2.43. The van der Waals surface area contributed by atoms with Crippen LogP contribution < -0.4 is 14.8 Å². The number of rotatable bonds is 3. The van der Waals surface area contributed by atoms with Crippen LogP contribution in [0.3, 0.4) is 0 Å². The Bertz CT molecular complexity index is 609. The number of benzene rings is 2. The van der Waals surface area contributed by atoms with Crippen LogP contribution in [0.2, 0.25) is 0 Å².